The quantitative estimate of drug-likeness (QED) is 0.193. The second-order valence-electron chi connectivity index (χ2n) is 9.76. The van der Waals surface area contributed by atoms with Crippen molar-refractivity contribution >= 4 is 40.5 Å². The number of carbonyl (C=O) groups excluding carboxylic acids is 5. The molecule has 4 aromatic rings. The first-order valence-electron chi connectivity index (χ1n) is 13.3. The Kier molecular flexibility index (Phi) is 8.14. The molecule has 1 aromatic heterocycles. The van der Waals surface area contributed by atoms with Crippen LogP contribution in [0, 0.1) is 0 Å². The number of amides is 1. The number of nitrogens with one attached hydrogen (secondary N) is 1. The van der Waals surface area contributed by atoms with E-state index in [4.69, 9.17) is 14.2 Å². The van der Waals surface area contributed by atoms with Gasteiger partial charge in [-0.1, -0.05) is 54.6 Å². The number of ketones is 1. The average Bonchev–Trinajstić information content (AvgIpc) is 3.42. The first-order chi connectivity index (χ1) is 20.3. The van der Waals surface area contributed by atoms with Gasteiger partial charge in [-0.3, -0.25) is 9.59 Å². The lowest BCUT2D eigenvalue weighted by atomic mass is 9.97. The fourth-order valence-corrected chi connectivity index (χ4v) is 5.09. The third-order valence-corrected chi connectivity index (χ3v) is 7.26. The van der Waals surface area contributed by atoms with Crippen LogP contribution in [0.5, 0.6) is 0 Å². The first-order valence-corrected chi connectivity index (χ1v) is 13.3. The smallest absolute Gasteiger partial charge is 0.351 e. The molecule has 10 heteroatoms. The zero-order valence-corrected chi connectivity index (χ0v) is 22.9. The third kappa shape index (κ3) is 5.51. The number of nitrogens with zero attached hydrogens (tertiary/aromatic N) is 1. The third-order valence-electron chi connectivity index (χ3n) is 7.26. The molecule has 3 aromatic carbocycles. The van der Waals surface area contributed by atoms with Crippen LogP contribution in [-0.4, -0.2) is 65.3 Å². The van der Waals surface area contributed by atoms with Gasteiger partial charge in [-0.2, -0.15) is 0 Å². The molecule has 0 bridgehead atoms. The van der Waals surface area contributed by atoms with Gasteiger partial charge in [-0.15, -0.1) is 0 Å². The number of H-pyrrole nitrogens is 1. The van der Waals surface area contributed by atoms with Crippen molar-refractivity contribution in [3.8, 4) is 0 Å². The number of methoxy groups -OCH3 is 1. The summed E-state index contributed by atoms with van der Waals surface area (Å²) in [6, 6.07) is 22.7. The summed E-state index contributed by atoms with van der Waals surface area (Å²) in [5, 5.41) is 1.03. The molecule has 0 fully saturated rings. The van der Waals surface area contributed by atoms with Crippen molar-refractivity contribution in [3.05, 3.63) is 107 Å². The fraction of sp³-hybridized carbons (Fsp3) is 0.219. The van der Waals surface area contributed by atoms with Crippen LogP contribution in [0.3, 0.4) is 0 Å². The topological polar surface area (TPSA) is 132 Å². The van der Waals surface area contributed by atoms with Crippen LogP contribution in [0.25, 0.3) is 10.9 Å². The lowest BCUT2D eigenvalue weighted by Gasteiger charge is -2.34. The zero-order chi connectivity index (χ0) is 29.8. The number of benzene rings is 3. The van der Waals surface area contributed by atoms with Crippen LogP contribution in [0.2, 0.25) is 0 Å². The highest BCUT2D eigenvalue weighted by Crippen LogP contribution is 2.34. The van der Waals surface area contributed by atoms with Crippen molar-refractivity contribution in [2.45, 2.75) is 31.6 Å². The highest BCUT2D eigenvalue weighted by molar-refractivity contribution is 6.38. The van der Waals surface area contributed by atoms with Crippen molar-refractivity contribution in [3.63, 3.8) is 0 Å². The Morgan fingerprint density at radius 3 is 1.93 bits per heavy atom. The van der Waals surface area contributed by atoms with E-state index in [2.05, 4.69) is 4.98 Å². The summed E-state index contributed by atoms with van der Waals surface area (Å²) in [5.41, 5.74) is 2.87. The molecule has 0 saturated carbocycles. The Labute approximate surface area is 241 Å². The number of esters is 3. The average molecular weight is 569 g/mol. The molecular weight excluding hydrogens is 540 g/mol. The van der Waals surface area contributed by atoms with E-state index in [-0.39, 0.29) is 17.7 Å². The molecule has 1 aliphatic heterocycles. The van der Waals surface area contributed by atoms with Crippen LogP contribution in [0.15, 0.2) is 84.9 Å². The maximum atomic E-state index is 13.8. The normalized spacial score (nSPS) is 15.7. The van der Waals surface area contributed by atoms with Gasteiger partial charge in [0.1, 0.15) is 0 Å². The van der Waals surface area contributed by atoms with Gasteiger partial charge in [0, 0.05) is 23.1 Å². The number of ether oxygens (including phenoxy) is 3. The number of hydrogen-bond donors (Lipinski definition) is 1. The Morgan fingerprint density at radius 1 is 0.786 bits per heavy atom. The van der Waals surface area contributed by atoms with Crippen molar-refractivity contribution in [1.82, 2.24) is 9.88 Å². The molecule has 0 aliphatic carbocycles. The fourth-order valence-electron chi connectivity index (χ4n) is 5.09. The predicted molar refractivity (Wildman–Crippen MR) is 150 cm³/mol. The van der Waals surface area contributed by atoms with E-state index in [0.29, 0.717) is 6.42 Å². The van der Waals surface area contributed by atoms with Crippen LogP contribution >= 0.6 is 0 Å². The van der Waals surface area contributed by atoms with E-state index >= 15 is 0 Å². The second-order valence-corrected chi connectivity index (χ2v) is 9.76. The summed E-state index contributed by atoms with van der Waals surface area (Å²) in [6.07, 6.45) is -3.68. The Bertz CT molecular complexity index is 1650. The van der Waals surface area contributed by atoms with Crippen molar-refractivity contribution in [2.75, 3.05) is 13.7 Å². The number of Topliss-reactive ketones (excluding diaryl/α,β-unsaturated/α-hetero) is 1. The number of rotatable bonds is 8. The lowest BCUT2D eigenvalue weighted by Crippen LogP contribution is -2.53. The van der Waals surface area contributed by atoms with Crippen LogP contribution in [0.1, 0.15) is 44.9 Å². The first kappa shape index (κ1) is 28.3. The summed E-state index contributed by atoms with van der Waals surface area (Å²) < 4.78 is 15.6. The molecule has 1 aliphatic rings. The maximum absolute atomic E-state index is 13.8. The Balaban J connectivity index is 1.47. The van der Waals surface area contributed by atoms with Gasteiger partial charge in [0.25, 0.3) is 11.7 Å². The summed E-state index contributed by atoms with van der Waals surface area (Å²) in [4.78, 5) is 71.1. The SMILES string of the molecule is COC(=O)[C@H](OC(=O)c1ccccc1)[C@H](OC(=O)c1ccccc1)C(=O)C(=O)N1CCc2c([nH]c3ccccc23)[C@H]1C. The molecule has 214 valence electrons. The number of fused-ring (bicyclic) bond motifs is 3. The van der Waals surface area contributed by atoms with Crippen LogP contribution in [0.4, 0.5) is 0 Å². The highest BCUT2D eigenvalue weighted by Gasteiger charge is 2.46. The predicted octanol–water partition coefficient (Wildman–Crippen LogP) is 3.81. The number of carbonyl (C=O) groups is 5. The molecule has 0 radical (unpaired) electrons. The van der Waals surface area contributed by atoms with Crippen LogP contribution in [-0.2, 0) is 35.0 Å². The van der Waals surface area contributed by atoms with E-state index in [1.807, 2.05) is 24.3 Å². The van der Waals surface area contributed by atoms with Gasteiger partial charge in [0.05, 0.1) is 24.3 Å². The van der Waals surface area contributed by atoms with E-state index in [1.165, 1.54) is 29.2 Å². The van der Waals surface area contributed by atoms with Crippen molar-refractivity contribution < 1.29 is 38.2 Å². The van der Waals surface area contributed by atoms with Gasteiger partial charge in [-0.05, 0) is 49.2 Å². The van der Waals surface area contributed by atoms with Gasteiger partial charge < -0.3 is 24.1 Å². The Morgan fingerprint density at radius 2 is 1.33 bits per heavy atom. The maximum Gasteiger partial charge on any atom is 0.351 e. The van der Waals surface area contributed by atoms with E-state index in [9.17, 15) is 24.0 Å². The largest absolute Gasteiger partial charge is 0.466 e. The van der Waals surface area contributed by atoms with Crippen molar-refractivity contribution in [1.29, 1.82) is 0 Å². The molecule has 42 heavy (non-hydrogen) atoms. The summed E-state index contributed by atoms with van der Waals surface area (Å²) in [7, 11) is 1.03. The number of aromatic amines is 1. The minimum absolute atomic E-state index is 0.0646. The van der Waals surface area contributed by atoms with Gasteiger partial charge >= 0.3 is 17.9 Å². The standard InChI is InChI=1S/C32H28N2O8/c1-19-25-23(22-15-9-10-16-24(22)33-25)17-18-34(19)29(36)26(35)27(41-30(37)20-11-5-3-6-12-20)28(32(39)40-2)42-31(38)21-13-7-4-8-14-21/h3-16,19,27-28,33H,17-18H2,1-2H3/t19-,27-,28-/m1/s1. The van der Waals surface area contributed by atoms with Crippen molar-refractivity contribution in [2.24, 2.45) is 0 Å². The van der Waals surface area contributed by atoms with E-state index < -0.39 is 47.8 Å². The minimum atomic E-state index is -2.11. The highest BCUT2D eigenvalue weighted by atomic mass is 16.6. The molecule has 3 atom stereocenters. The molecule has 5 rings (SSSR count). The lowest BCUT2D eigenvalue weighted by molar-refractivity contribution is -0.165. The monoisotopic (exact) mass is 568 g/mol. The summed E-state index contributed by atoms with van der Waals surface area (Å²) in [5.74, 6) is -5.36. The second kappa shape index (κ2) is 12.1. The van der Waals surface area contributed by atoms with Gasteiger partial charge in [-0.25, -0.2) is 14.4 Å². The molecular formula is C32H28N2O8. The number of hydrogen-bond acceptors (Lipinski definition) is 8. The molecule has 0 saturated heterocycles. The number of aromatic nitrogens is 1. The molecule has 0 unspecified atom stereocenters. The molecule has 2 heterocycles. The van der Waals surface area contributed by atoms with E-state index in [1.54, 1.807) is 43.3 Å². The Hall–Kier alpha value is -5.25. The molecule has 10 nitrogen and oxygen atoms in total. The molecule has 1 amide bonds. The summed E-state index contributed by atoms with van der Waals surface area (Å²) >= 11 is 0. The molecule has 0 spiro atoms. The van der Waals surface area contributed by atoms with Crippen LogP contribution < -0.4 is 0 Å². The van der Waals surface area contributed by atoms with Gasteiger partial charge in [0.15, 0.2) is 0 Å². The number of para-hydroxylation sites is 1. The zero-order valence-electron chi connectivity index (χ0n) is 22.9. The van der Waals surface area contributed by atoms with Gasteiger partial charge in [0.2, 0.25) is 12.2 Å². The summed E-state index contributed by atoms with van der Waals surface area (Å²) in [6.45, 7) is 1.98. The van der Waals surface area contributed by atoms with E-state index in [0.717, 1.165) is 29.3 Å². The minimum Gasteiger partial charge on any atom is -0.466 e. The molecule has 1 N–H and O–H groups in total.